The minimum absolute atomic E-state index is 0.443. The molecule has 2 N–H and O–H groups in total. The first-order valence-corrected chi connectivity index (χ1v) is 7.63. The van der Waals surface area contributed by atoms with E-state index in [0.717, 1.165) is 17.7 Å². The van der Waals surface area contributed by atoms with E-state index in [-0.39, 0.29) is 0 Å². The van der Waals surface area contributed by atoms with Crippen LogP contribution in [-0.4, -0.2) is 18.9 Å². The highest BCUT2D eigenvalue weighted by molar-refractivity contribution is 6.30. The van der Waals surface area contributed by atoms with Gasteiger partial charge in [0.15, 0.2) is 0 Å². The molecule has 0 aliphatic heterocycles. The van der Waals surface area contributed by atoms with Crippen LogP contribution in [0.25, 0.3) is 0 Å². The third-order valence-electron chi connectivity index (χ3n) is 2.79. The van der Waals surface area contributed by atoms with Crippen LogP contribution in [0.15, 0.2) is 53.6 Å². The topological polar surface area (TPSA) is 62.7 Å². The number of rotatable bonds is 6. The summed E-state index contributed by atoms with van der Waals surface area (Å²) >= 11 is 5.85. The molecule has 5 nitrogen and oxygen atoms in total. The van der Waals surface area contributed by atoms with Crippen LogP contribution in [-0.2, 0) is 0 Å². The number of carbonyl (C=O) groups excluding carboxylic acids is 1. The molecule has 0 aromatic heterocycles. The van der Waals surface area contributed by atoms with Gasteiger partial charge in [0.1, 0.15) is 5.75 Å². The quantitative estimate of drug-likeness (QED) is 0.613. The fourth-order valence-corrected chi connectivity index (χ4v) is 1.99. The molecule has 0 saturated carbocycles. The predicted octanol–water partition coefficient (Wildman–Crippen LogP) is 4.28. The van der Waals surface area contributed by atoms with Gasteiger partial charge in [-0.3, -0.25) is 0 Å². The molecule has 23 heavy (non-hydrogen) atoms. The number of urea groups is 1. The number of hydrogen-bond donors (Lipinski definition) is 2. The van der Waals surface area contributed by atoms with Gasteiger partial charge in [-0.15, -0.1) is 0 Å². The van der Waals surface area contributed by atoms with Gasteiger partial charge in [0.2, 0.25) is 0 Å². The maximum atomic E-state index is 11.7. The van der Waals surface area contributed by atoms with E-state index >= 15 is 0 Å². The van der Waals surface area contributed by atoms with E-state index in [1.807, 2.05) is 31.2 Å². The zero-order chi connectivity index (χ0) is 16.5. The molecule has 0 spiro atoms. The Morgan fingerprint density at radius 3 is 2.87 bits per heavy atom. The lowest BCUT2D eigenvalue weighted by Crippen LogP contribution is -2.24. The number of hydrogen-bond acceptors (Lipinski definition) is 3. The van der Waals surface area contributed by atoms with Gasteiger partial charge in [0.05, 0.1) is 12.8 Å². The van der Waals surface area contributed by atoms with Crippen LogP contribution >= 0.6 is 11.6 Å². The lowest BCUT2D eigenvalue weighted by Gasteiger charge is -2.05. The molecular formula is C17H18ClN3O2. The van der Waals surface area contributed by atoms with Crippen LogP contribution < -0.4 is 15.5 Å². The van der Waals surface area contributed by atoms with Crippen molar-refractivity contribution in [2.75, 3.05) is 11.9 Å². The van der Waals surface area contributed by atoms with Gasteiger partial charge in [-0.2, -0.15) is 5.10 Å². The Labute approximate surface area is 140 Å². The molecule has 0 heterocycles. The zero-order valence-electron chi connectivity index (χ0n) is 12.8. The average Bonchev–Trinajstić information content (AvgIpc) is 2.53. The minimum Gasteiger partial charge on any atom is -0.494 e. The standard InChI is InChI=1S/C17H18ClN3O2/c1-2-9-23-16-8-3-5-13(10-16)12-19-21-17(22)20-15-7-4-6-14(18)11-15/h3-8,10-12H,2,9H2,1H3,(H2,20,21,22)/b19-12-. The first kappa shape index (κ1) is 16.8. The van der Waals surface area contributed by atoms with Crippen molar-refractivity contribution >= 4 is 29.5 Å². The van der Waals surface area contributed by atoms with Gasteiger partial charge >= 0.3 is 6.03 Å². The summed E-state index contributed by atoms with van der Waals surface area (Å²) in [5.74, 6) is 0.777. The van der Waals surface area contributed by atoms with Gasteiger partial charge in [-0.1, -0.05) is 36.7 Å². The van der Waals surface area contributed by atoms with E-state index in [1.165, 1.54) is 0 Å². The number of nitrogens with zero attached hydrogens (tertiary/aromatic N) is 1. The molecular weight excluding hydrogens is 314 g/mol. The maximum Gasteiger partial charge on any atom is 0.339 e. The highest BCUT2D eigenvalue weighted by Crippen LogP contribution is 2.14. The molecule has 2 rings (SSSR count). The van der Waals surface area contributed by atoms with Crippen LogP contribution in [0.4, 0.5) is 10.5 Å². The Hall–Kier alpha value is -2.53. The summed E-state index contributed by atoms with van der Waals surface area (Å²) in [7, 11) is 0. The second-order valence-electron chi connectivity index (χ2n) is 4.76. The van der Waals surface area contributed by atoms with Gasteiger partial charge in [0, 0.05) is 10.7 Å². The SMILES string of the molecule is CCCOc1cccc(/C=N\NC(=O)Nc2cccc(Cl)c2)c1. The highest BCUT2D eigenvalue weighted by Gasteiger charge is 2.00. The lowest BCUT2D eigenvalue weighted by molar-refractivity contribution is 0.252. The monoisotopic (exact) mass is 331 g/mol. The third kappa shape index (κ3) is 6.00. The number of anilines is 1. The van der Waals surface area contributed by atoms with Crippen molar-refractivity contribution in [3.63, 3.8) is 0 Å². The number of hydrazone groups is 1. The first-order valence-electron chi connectivity index (χ1n) is 7.26. The summed E-state index contributed by atoms with van der Waals surface area (Å²) in [6, 6.07) is 13.9. The molecule has 2 aromatic rings. The Kier molecular flexibility index (Phi) is 6.44. The molecule has 0 radical (unpaired) electrons. The minimum atomic E-state index is -0.443. The molecule has 0 aliphatic carbocycles. The highest BCUT2D eigenvalue weighted by atomic mass is 35.5. The van der Waals surface area contributed by atoms with Crippen molar-refractivity contribution in [3.05, 3.63) is 59.1 Å². The van der Waals surface area contributed by atoms with Crippen molar-refractivity contribution in [3.8, 4) is 5.75 Å². The fraction of sp³-hybridized carbons (Fsp3) is 0.176. The van der Waals surface area contributed by atoms with E-state index in [4.69, 9.17) is 16.3 Å². The Morgan fingerprint density at radius 1 is 1.26 bits per heavy atom. The third-order valence-corrected chi connectivity index (χ3v) is 3.03. The van der Waals surface area contributed by atoms with E-state index in [0.29, 0.717) is 17.3 Å². The smallest absolute Gasteiger partial charge is 0.339 e. The van der Waals surface area contributed by atoms with Crippen molar-refractivity contribution in [1.29, 1.82) is 0 Å². The average molecular weight is 332 g/mol. The van der Waals surface area contributed by atoms with E-state index in [1.54, 1.807) is 30.5 Å². The number of amides is 2. The molecule has 0 unspecified atom stereocenters. The molecule has 0 atom stereocenters. The summed E-state index contributed by atoms with van der Waals surface area (Å²) in [5.41, 5.74) is 3.83. The van der Waals surface area contributed by atoms with Gasteiger partial charge in [0.25, 0.3) is 0 Å². The Bertz CT molecular complexity index is 689. The van der Waals surface area contributed by atoms with E-state index in [9.17, 15) is 4.79 Å². The lowest BCUT2D eigenvalue weighted by atomic mass is 10.2. The van der Waals surface area contributed by atoms with Crippen LogP contribution in [0.3, 0.4) is 0 Å². The van der Waals surface area contributed by atoms with Crippen molar-refractivity contribution in [2.45, 2.75) is 13.3 Å². The molecule has 0 saturated heterocycles. The molecule has 120 valence electrons. The largest absolute Gasteiger partial charge is 0.494 e. The van der Waals surface area contributed by atoms with Gasteiger partial charge in [-0.25, -0.2) is 10.2 Å². The number of halogens is 1. The molecule has 2 amide bonds. The first-order chi connectivity index (χ1) is 11.2. The Morgan fingerprint density at radius 2 is 2.09 bits per heavy atom. The van der Waals surface area contributed by atoms with Crippen LogP contribution in [0.2, 0.25) is 5.02 Å². The normalized spacial score (nSPS) is 10.5. The summed E-state index contributed by atoms with van der Waals surface area (Å²) in [5, 5.41) is 7.09. The van der Waals surface area contributed by atoms with Crippen molar-refractivity contribution < 1.29 is 9.53 Å². The second-order valence-corrected chi connectivity index (χ2v) is 5.19. The fourth-order valence-electron chi connectivity index (χ4n) is 1.80. The summed E-state index contributed by atoms with van der Waals surface area (Å²) in [6.07, 6.45) is 2.50. The number of carbonyl (C=O) groups is 1. The summed E-state index contributed by atoms with van der Waals surface area (Å²) in [6.45, 7) is 2.72. The molecule has 0 aliphatic rings. The predicted molar refractivity (Wildman–Crippen MR) is 93.4 cm³/mol. The number of benzene rings is 2. The van der Waals surface area contributed by atoms with E-state index in [2.05, 4.69) is 15.8 Å². The molecule has 0 fully saturated rings. The van der Waals surface area contributed by atoms with Crippen LogP contribution in [0.1, 0.15) is 18.9 Å². The van der Waals surface area contributed by atoms with Crippen molar-refractivity contribution in [1.82, 2.24) is 5.43 Å². The van der Waals surface area contributed by atoms with E-state index < -0.39 is 6.03 Å². The zero-order valence-corrected chi connectivity index (χ0v) is 13.5. The molecule has 0 bridgehead atoms. The van der Waals surface area contributed by atoms with Crippen LogP contribution in [0.5, 0.6) is 5.75 Å². The Balaban J connectivity index is 1.87. The number of ether oxygens (including phenoxy) is 1. The van der Waals surface area contributed by atoms with Gasteiger partial charge in [-0.05, 0) is 42.3 Å². The van der Waals surface area contributed by atoms with Crippen molar-refractivity contribution in [2.24, 2.45) is 5.10 Å². The molecule has 2 aromatic carbocycles. The maximum absolute atomic E-state index is 11.7. The summed E-state index contributed by atoms with van der Waals surface area (Å²) in [4.78, 5) is 11.7. The van der Waals surface area contributed by atoms with Gasteiger partial charge < -0.3 is 10.1 Å². The second kappa shape index (κ2) is 8.80. The number of nitrogens with one attached hydrogen (secondary N) is 2. The van der Waals surface area contributed by atoms with Crippen LogP contribution in [0, 0.1) is 0 Å². The molecule has 6 heteroatoms. The summed E-state index contributed by atoms with van der Waals surface area (Å²) < 4.78 is 5.54.